The maximum atomic E-state index is 12.7. The first-order valence-electron chi connectivity index (χ1n) is 6.43. The molecule has 21 heavy (non-hydrogen) atoms. The Morgan fingerprint density at radius 2 is 1.90 bits per heavy atom. The third kappa shape index (κ3) is 4.71. The maximum absolute atomic E-state index is 12.7. The minimum Gasteiger partial charge on any atom is -0.301 e. The van der Waals surface area contributed by atoms with E-state index in [1.165, 1.54) is 35.6 Å². The van der Waals surface area contributed by atoms with Gasteiger partial charge in [0.2, 0.25) is 11.0 Å². The molecule has 2 aromatic rings. The smallest absolute Gasteiger partial charge is 0.226 e. The maximum Gasteiger partial charge on any atom is 0.226 e. The standard InChI is InChI=1S/C14H14FN3O2S/c1-9-17-18-14(21-9)16-13(20)4-2-3-12(19)10-5-7-11(15)8-6-10/h5-8H,2-4H2,1H3,(H,16,18,20). The van der Waals surface area contributed by atoms with Crippen molar-refractivity contribution in [2.45, 2.75) is 26.2 Å². The first-order chi connectivity index (χ1) is 10.0. The van der Waals surface area contributed by atoms with Crippen molar-refractivity contribution >= 4 is 28.2 Å². The Bertz CT molecular complexity index is 640. The molecular weight excluding hydrogens is 293 g/mol. The van der Waals surface area contributed by atoms with Crippen molar-refractivity contribution in [3.63, 3.8) is 0 Å². The van der Waals surface area contributed by atoms with E-state index in [0.29, 0.717) is 17.1 Å². The lowest BCUT2D eigenvalue weighted by Crippen LogP contribution is -2.11. The van der Waals surface area contributed by atoms with E-state index in [4.69, 9.17) is 0 Å². The molecule has 1 aromatic carbocycles. The number of rotatable bonds is 6. The van der Waals surface area contributed by atoms with Gasteiger partial charge in [0.05, 0.1) is 0 Å². The lowest BCUT2D eigenvalue weighted by Gasteiger charge is -2.02. The number of anilines is 1. The van der Waals surface area contributed by atoms with E-state index in [1.54, 1.807) is 6.92 Å². The third-order valence-electron chi connectivity index (χ3n) is 2.75. The van der Waals surface area contributed by atoms with Gasteiger partial charge in [0.1, 0.15) is 10.8 Å². The molecule has 0 aliphatic rings. The summed E-state index contributed by atoms with van der Waals surface area (Å²) in [7, 11) is 0. The number of benzene rings is 1. The van der Waals surface area contributed by atoms with Crippen LogP contribution < -0.4 is 5.32 Å². The molecule has 0 spiro atoms. The number of carbonyl (C=O) groups excluding carboxylic acids is 2. The van der Waals surface area contributed by atoms with Gasteiger partial charge in [0, 0.05) is 18.4 Å². The number of carbonyl (C=O) groups is 2. The predicted octanol–water partition coefficient (Wildman–Crippen LogP) is 2.98. The minimum atomic E-state index is -0.377. The van der Waals surface area contributed by atoms with Crippen LogP contribution >= 0.6 is 11.3 Å². The summed E-state index contributed by atoms with van der Waals surface area (Å²) in [5.41, 5.74) is 0.455. The molecule has 1 N–H and O–H groups in total. The summed E-state index contributed by atoms with van der Waals surface area (Å²) in [6.07, 6.45) is 0.902. The van der Waals surface area contributed by atoms with E-state index < -0.39 is 0 Å². The number of halogens is 1. The van der Waals surface area contributed by atoms with E-state index in [9.17, 15) is 14.0 Å². The van der Waals surface area contributed by atoms with Crippen LogP contribution in [0.5, 0.6) is 0 Å². The van der Waals surface area contributed by atoms with Crippen LogP contribution in [0.1, 0.15) is 34.6 Å². The number of aromatic nitrogens is 2. The molecule has 0 aliphatic heterocycles. The number of amides is 1. The summed E-state index contributed by atoms with van der Waals surface area (Å²) in [5.74, 6) is -0.675. The van der Waals surface area contributed by atoms with Gasteiger partial charge in [0.25, 0.3) is 0 Å². The second kappa shape index (κ2) is 7.03. The van der Waals surface area contributed by atoms with Crippen molar-refractivity contribution in [1.82, 2.24) is 10.2 Å². The van der Waals surface area contributed by atoms with Crippen LogP contribution in [0.2, 0.25) is 0 Å². The molecule has 0 radical (unpaired) electrons. The zero-order chi connectivity index (χ0) is 15.2. The lowest BCUT2D eigenvalue weighted by molar-refractivity contribution is -0.116. The fraction of sp³-hybridized carbons (Fsp3) is 0.286. The van der Waals surface area contributed by atoms with Crippen LogP contribution in [0.25, 0.3) is 0 Å². The van der Waals surface area contributed by atoms with Crippen LogP contribution in [-0.2, 0) is 4.79 Å². The third-order valence-corrected chi connectivity index (χ3v) is 3.50. The fourth-order valence-electron chi connectivity index (χ4n) is 1.72. The number of nitrogens with one attached hydrogen (secondary N) is 1. The van der Waals surface area contributed by atoms with E-state index in [-0.39, 0.29) is 30.3 Å². The molecule has 0 atom stereocenters. The summed E-state index contributed by atoms with van der Waals surface area (Å²) in [5, 5.41) is 11.4. The topological polar surface area (TPSA) is 72.0 Å². The highest BCUT2D eigenvalue weighted by Crippen LogP contribution is 2.14. The average molecular weight is 307 g/mol. The number of aryl methyl sites for hydroxylation is 1. The van der Waals surface area contributed by atoms with Crippen LogP contribution in [-0.4, -0.2) is 21.9 Å². The van der Waals surface area contributed by atoms with Crippen molar-refractivity contribution < 1.29 is 14.0 Å². The molecule has 1 heterocycles. The van der Waals surface area contributed by atoms with Crippen LogP contribution in [0, 0.1) is 12.7 Å². The van der Waals surface area contributed by atoms with Crippen molar-refractivity contribution in [2.24, 2.45) is 0 Å². The molecule has 7 heteroatoms. The summed E-state index contributed by atoms with van der Waals surface area (Å²) in [6.45, 7) is 1.80. The Balaban J connectivity index is 1.74. The Labute approximate surface area is 125 Å². The molecule has 5 nitrogen and oxygen atoms in total. The molecule has 0 fully saturated rings. The molecule has 0 unspecified atom stereocenters. The molecule has 110 valence electrons. The van der Waals surface area contributed by atoms with Crippen LogP contribution in [0.4, 0.5) is 9.52 Å². The highest BCUT2D eigenvalue weighted by Gasteiger charge is 2.09. The van der Waals surface area contributed by atoms with E-state index in [1.807, 2.05) is 0 Å². The first-order valence-corrected chi connectivity index (χ1v) is 7.25. The average Bonchev–Trinajstić information content (AvgIpc) is 2.84. The van der Waals surface area contributed by atoms with Gasteiger partial charge in [-0.1, -0.05) is 11.3 Å². The Morgan fingerprint density at radius 1 is 1.19 bits per heavy atom. The van der Waals surface area contributed by atoms with Gasteiger partial charge in [-0.25, -0.2) is 4.39 Å². The largest absolute Gasteiger partial charge is 0.301 e. The van der Waals surface area contributed by atoms with Gasteiger partial charge in [-0.15, -0.1) is 10.2 Å². The van der Waals surface area contributed by atoms with Crippen molar-refractivity contribution in [3.8, 4) is 0 Å². The zero-order valence-electron chi connectivity index (χ0n) is 11.4. The fourth-order valence-corrected chi connectivity index (χ4v) is 2.33. The van der Waals surface area contributed by atoms with Crippen LogP contribution in [0.15, 0.2) is 24.3 Å². The summed E-state index contributed by atoms with van der Waals surface area (Å²) in [6, 6.07) is 5.39. The van der Waals surface area contributed by atoms with E-state index in [0.717, 1.165) is 5.01 Å². The highest BCUT2D eigenvalue weighted by molar-refractivity contribution is 7.15. The Hall–Kier alpha value is -2.15. The first kappa shape index (κ1) is 15.2. The van der Waals surface area contributed by atoms with Crippen molar-refractivity contribution in [1.29, 1.82) is 0 Å². The van der Waals surface area contributed by atoms with Gasteiger partial charge in [-0.3, -0.25) is 9.59 Å². The zero-order valence-corrected chi connectivity index (χ0v) is 12.2. The van der Waals surface area contributed by atoms with Crippen molar-refractivity contribution in [3.05, 3.63) is 40.7 Å². The number of Topliss-reactive ketones (excluding diaryl/α,β-unsaturated/α-hetero) is 1. The van der Waals surface area contributed by atoms with E-state index in [2.05, 4.69) is 15.5 Å². The molecule has 0 saturated heterocycles. The number of hydrogen-bond donors (Lipinski definition) is 1. The van der Waals surface area contributed by atoms with Gasteiger partial charge >= 0.3 is 0 Å². The van der Waals surface area contributed by atoms with Crippen molar-refractivity contribution in [2.75, 3.05) is 5.32 Å². The number of nitrogens with zero attached hydrogens (tertiary/aromatic N) is 2. The number of ketones is 1. The highest BCUT2D eigenvalue weighted by atomic mass is 32.1. The van der Waals surface area contributed by atoms with Gasteiger partial charge in [0.15, 0.2) is 5.78 Å². The monoisotopic (exact) mass is 307 g/mol. The molecule has 0 bridgehead atoms. The normalized spacial score (nSPS) is 10.4. The second-order valence-corrected chi connectivity index (χ2v) is 5.64. The SMILES string of the molecule is Cc1nnc(NC(=O)CCCC(=O)c2ccc(F)cc2)s1. The quantitative estimate of drug-likeness (QED) is 0.833. The van der Waals surface area contributed by atoms with Gasteiger partial charge in [-0.05, 0) is 37.6 Å². The molecule has 0 saturated carbocycles. The summed E-state index contributed by atoms with van der Waals surface area (Å²) < 4.78 is 12.7. The molecule has 1 aromatic heterocycles. The molecule has 0 aliphatic carbocycles. The molecule has 2 rings (SSSR count). The van der Waals surface area contributed by atoms with Crippen LogP contribution in [0.3, 0.4) is 0 Å². The van der Waals surface area contributed by atoms with Gasteiger partial charge in [-0.2, -0.15) is 0 Å². The lowest BCUT2D eigenvalue weighted by atomic mass is 10.1. The summed E-state index contributed by atoms with van der Waals surface area (Å²) in [4.78, 5) is 23.5. The molecule has 1 amide bonds. The Kier molecular flexibility index (Phi) is 5.10. The minimum absolute atomic E-state index is 0.102. The molecular formula is C14H14FN3O2S. The predicted molar refractivity (Wildman–Crippen MR) is 77.9 cm³/mol. The van der Waals surface area contributed by atoms with E-state index >= 15 is 0 Å². The van der Waals surface area contributed by atoms with Gasteiger partial charge < -0.3 is 5.32 Å². The summed E-state index contributed by atoms with van der Waals surface area (Å²) >= 11 is 1.30. The Morgan fingerprint density at radius 3 is 2.52 bits per heavy atom. The number of hydrogen-bond acceptors (Lipinski definition) is 5. The second-order valence-electron chi connectivity index (χ2n) is 4.46.